The summed E-state index contributed by atoms with van der Waals surface area (Å²) in [5, 5.41) is 7.75. The zero-order chi connectivity index (χ0) is 22.3. The molecule has 0 unspecified atom stereocenters. The molecule has 0 atom stereocenters. The molecule has 1 aromatic heterocycles. The summed E-state index contributed by atoms with van der Waals surface area (Å²) in [5.41, 5.74) is 3.37. The molecule has 0 saturated carbocycles. The number of nitrogens with zero attached hydrogens (tertiary/aromatic N) is 3. The average Bonchev–Trinajstić information content (AvgIpc) is 3.27. The van der Waals surface area contributed by atoms with Gasteiger partial charge in [0.15, 0.2) is 0 Å². The van der Waals surface area contributed by atoms with Gasteiger partial charge in [-0.05, 0) is 24.8 Å². The number of likely N-dealkylation sites (tertiary alicyclic amines) is 1. The molecule has 1 fully saturated rings. The average molecular weight is 431 g/mol. The standard InChI is InChI=1S/C26H30N4O2/c1-2-15-27-25(31)22-13-16-29(17-14-22)26(32)23-19-30(18-20-9-5-3-6-10-20)28-24(23)21-11-7-4-8-12-21/h3-12,19,22H,2,13-18H2,1H3,(H,27,31). The van der Waals surface area contributed by atoms with E-state index < -0.39 is 0 Å². The number of carbonyl (C=O) groups excluding carboxylic acids is 2. The third kappa shape index (κ3) is 5.07. The summed E-state index contributed by atoms with van der Waals surface area (Å²) in [6.45, 7) is 4.53. The SMILES string of the molecule is CCCNC(=O)C1CCN(C(=O)c2cn(Cc3ccccc3)nc2-c2ccccc2)CC1. The summed E-state index contributed by atoms with van der Waals surface area (Å²) in [6.07, 6.45) is 4.18. The van der Waals surface area contributed by atoms with E-state index in [1.807, 2.05) is 71.2 Å². The number of amides is 2. The highest BCUT2D eigenvalue weighted by atomic mass is 16.2. The van der Waals surface area contributed by atoms with Crippen molar-refractivity contribution in [2.45, 2.75) is 32.7 Å². The molecule has 2 aromatic carbocycles. The zero-order valence-electron chi connectivity index (χ0n) is 18.5. The highest BCUT2D eigenvalue weighted by Gasteiger charge is 2.29. The lowest BCUT2D eigenvalue weighted by atomic mass is 9.95. The van der Waals surface area contributed by atoms with Gasteiger partial charge in [-0.25, -0.2) is 0 Å². The van der Waals surface area contributed by atoms with Crippen LogP contribution in [-0.4, -0.2) is 46.1 Å². The molecule has 3 aromatic rings. The van der Waals surface area contributed by atoms with Crippen LogP contribution in [0.2, 0.25) is 0 Å². The minimum absolute atomic E-state index is 0.0139. The van der Waals surface area contributed by atoms with Crippen LogP contribution in [0.1, 0.15) is 42.1 Å². The van der Waals surface area contributed by atoms with Gasteiger partial charge in [0.1, 0.15) is 5.69 Å². The summed E-state index contributed by atoms with van der Waals surface area (Å²) < 4.78 is 1.84. The Morgan fingerprint density at radius 2 is 1.66 bits per heavy atom. The van der Waals surface area contributed by atoms with Crippen molar-refractivity contribution >= 4 is 11.8 Å². The quantitative estimate of drug-likeness (QED) is 0.617. The molecule has 6 nitrogen and oxygen atoms in total. The van der Waals surface area contributed by atoms with Gasteiger partial charge < -0.3 is 10.2 Å². The van der Waals surface area contributed by atoms with Gasteiger partial charge in [-0.2, -0.15) is 5.10 Å². The van der Waals surface area contributed by atoms with Crippen molar-refractivity contribution in [3.05, 3.63) is 78.0 Å². The van der Waals surface area contributed by atoms with E-state index >= 15 is 0 Å². The van der Waals surface area contributed by atoms with Crippen LogP contribution < -0.4 is 5.32 Å². The summed E-state index contributed by atoms with van der Waals surface area (Å²) >= 11 is 0. The summed E-state index contributed by atoms with van der Waals surface area (Å²) in [4.78, 5) is 27.6. The maximum atomic E-state index is 13.5. The lowest BCUT2D eigenvalue weighted by Gasteiger charge is -2.31. The van der Waals surface area contributed by atoms with Gasteiger partial charge in [0.05, 0.1) is 12.1 Å². The van der Waals surface area contributed by atoms with Crippen LogP contribution >= 0.6 is 0 Å². The molecular formula is C26H30N4O2. The fourth-order valence-corrected chi connectivity index (χ4v) is 4.15. The number of hydrogen-bond acceptors (Lipinski definition) is 3. The monoisotopic (exact) mass is 430 g/mol. The third-order valence-electron chi connectivity index (χ3n) is 5.93. The second kappa shape index (κ2) is 10.3. The van der Waals surface area contributed by atoms with Crippen molar-refractivity contribution in [3.63, 3.8) is 0 Å². The molecular weight excluding hydrogens is 400 g/mol. The fourth-order valence-electron chi connectivity index (χ4n) is 4.15. The molecule has 4 rings (SSSR count). The number of rotatable bonds is 7. The number of hydrogen-bond donors (Lipinski definition) is 1. The van der Waals surface area contributed by atoms with Crippen molar-refractivity contribution in [2.75, 3.05) is 19.6 Å². The number of carbonyl (C=O) groups is 2. The number of benzene rings is 2. The Morgan fingerprint density at radius 3 is 2.31 bits per heavy atom. The summed E-state index contributed by atoms with van der Waals surface area (Å²) in [6, 6.07) is 19.9. The van der Waals surface area contributed by atoms with Crippen LogP contribution in [0.5, 0.6) is 0 Å². The fraction of sp³-hybridized carbons (Fsp3) is 0.346. The Labute approximate surface area is 189 Å². The molecule has 0 aliphatic carbocycles. The predicted octanol–water partition coefficient (Wildman–Crippen LogP) is 3.98. The lowest BCUT2D eigenvalue weighted by Crippen LogP contribution is -2.43. The number of piperidine rings is 1. The summed E-state index contributed by atoms with van der Waals surface area (Å²) in [7, 11) is 0. The smallest absolute Gasteiger partial charge is 0.257 e. The molecule has 0 spiro atoms. The Hall–Kier alpha value is -3.41. The molecule has 0 bridgehead atoms. The molecule has 6 heteroatoms. The first kappa shape index (κ1) is 21.8. The maximum Gasteiger partial charge on any atom is 0.257 e. The molecule has 1 aliphatic rings. The van der Waals surface area contributed by atoms with Gasteiger partial charge >= 0.3 is 0 Å². The molecule has 1 saturated heterocycles. The topological polar surface area (TPSA) is 67.2 Å². The van der Waals surface area contributed by atoms with Crippen LogP contribution in [0.4, 0.5) is 0 Å². The van der Waals surface area contributed by atoms with Gasteiger partial charge in [-0.3, -0.25) is 14.3 Å². The second-order valence-corrected chi connectivity index (χ2v) is 8.30. The maximum absolute atomic E-state index is 13.5. The van der Waals surface area contributed by atoms with E-state index in [0.717, 1.165) is 17.5 Å². The molecule has 1 N–H and O–H groups in total. The van der Waals surface area contributed by atoms with E-state index in [-0.39, 0.29) is 17.7 Å². The first-order chi connectivity index (χ1) is 15.7. The van der Waals surface area contributed by atoms with Gasteiger partial charge in [0, 0.05) is 37.3 Å². The highest BCUT2D eigenvalue weighted by molar-refractivity contribution is 6.00. The lowest BCUT2D eigenvalue weighted by molar-refractivity contribution is -0.126. The Bertz CT molecular complexity index is 1040. The Morgan fingerprint density at radius 1 is 1.00 bits per heavy atom. The van der Waals surface area contributed by atoms with Crippen LogP contribution in [-0.2, 0) is 11.3 Å². The normalized spacial score (nSPS) is 14.3. The van der Waals surface area contributed by atoms with Crippen molar-refractivity contribution in [1.29, 1.82) is 0 Å². The van der Waals surface area contributed by atoms with Crippen molar-refractivity contribution < 1.29 is 9.59 Å². The molecule has 32 heavy (non-hydrogen) atoms. The predicted molar refractivity (Wildman–Crippen MR) is 125 cm³/mol. The molecule has 0 radical (unpaired) electrons. The van der Waals surface area contributed by atoms with Crippen LogP contribution in [0.3, 0.4) is 0 Å². The van der Waals surface area contributed by atoms with Gasteiger partial charge in [-0.15, -0.1) is 0 Å². The number of aromatic nitrogens is 2. The van der Waals surface area contributed by atoms with Crippen LogP contribution in [0, 0.1) is 5.92 Å². The minimum Gasteiger partial charge on any atom is -0.356 e. The third-order valence-corrected chi connectivity index (χ3v) is 5.93. The summed E-state index contributed by atoms with van der Waals surface area (Å²) in [5.74, 6) is 0.0789. The van der Waals surface area contributed by atoms with E-state index in [4.69, 9.17) is 5.10 Å². The van der Waals surface area contributed by atoms with E-state index in [1.54, 1.807) is 0 Å². The number of nitrogens with one attached hydrogen (secondary N) is 1. The molecule has 1 aliphatic heterocycles. The molecule has 166 valence electrons. The van der Waals surface area contributed by atoms with Gasteiger partial charge in [0.2, 0.25) is 5.91 Å². The minimum atomic E-state index is -0.0180. The second-order valence-electron chi connectivity index (χ2n) is 8.30. The van der Waals surface area contributed by atoms with E-state index in [1.165, 1.54) is 0 Å². The van der Waals surface area contributed by atoms with Gasteiger partial charge in [-0.1, -0.05) is 67.6 Å². The Balaban J connectivity index is 1.53. The van der Waals surface area contributed by atoms with Crippen molar-refractivity contribution in [1.82, 2.24) is 20.0 Å². The van der Waals surface area contributed by atoms with E-state index in [0.29, 0.717) is 50.3 Å². The molecule has 2 amide bonds. The first-order valence-corrected chi connectivity index (χ1v) is 11.4. The van der Waals surface area contributed by atoms with Crippen molar-refractivity contribution in [3.8, 4) is 11.3 Å². The van der Waals surface area contributed by atoms with Crippen molar-refractivity contribution in [2.24, 2.45) is 5.92 Å². The largest absolute Gasteiger partial charge is 0.356 e. The molecule has 2 heterocycles. The first-order valence-electron chi connectivity index (χ1n) is 11.4. The van der Waals surface area contributed by atoms with Gasteiger partial charge in [0.25, 0.3) is 5.91 Å². The van der Waals surface area contributed by atoms with E-state index in [2.05, 4.69) is 17.4 Å². The van der Waals surface area contributed by atoms with Crippen LogP contribution in [0.25, 0.3) is 11.3 Å². The Kier molecular flexibility index (Phi) is 7.00. The zero-order valence-corrected chi connectivity index (χ0v) is 18.5. The van der Waals surface area contributed by atoms with E-state index in [9.17, 15) is 9.59 Å². The highest BCUT2D eigenvalue weighted by Crippen LogP contribution is 2.26. The van der Waals surface area contributed by atoms with Crippen LogP contribution in [0.15, 0.2) is 66.9 Å².